The molecule has 0 aromatic carbocycles. The van der Waals surface area contributed by atoms with E-state index in [1.165, 1.54) is 4.90 Å². The molecule has 0 aliphatic carbocycles. The summed E-state index contributed by atoms with van der Waals surface area (Å²) in [4.78, 5) is 31.7. The Kier molecular flexibility index (Phi) is 4.98. The lowest BCUT2D eigenvalue weighted by molar-refractivity contribution is -0.132. The first kappa shape index (κ1) is 14.9. The molecule has 2 saturated heterocycles. The lowest BCUT2D eigenvalue weighted by Crippen LogP contribution is -2.45. The Morgan fingerprint density at radius 1 is 1.29 bits per heavy atom. The number of carbonyl (C=O) groups is 1. The van der Waals surface area contributed by atoms with E-state index < -0.39 is 13.4 Å². The highest BCUT2D eigenvalue weighted by atomic mass is 35.5. The SMILES string of the molecule is Cl.O=C([C@@H]1CCCN1)N1CCC[C@@H]1P(=O)(O)O. The van der Waals surface area contributed by atoms with E-state index in [9.17, 15) is 19.1 Å². The van der Waals surface area contributed by atoms with E-state index in [1.54, 1.807) is 0 Å². The number of nitrogens with one attached hydrogen (secondary N) is 1. The van der Waals surface area contributed by atoms with E-state index in [4.69, 9.17) is 0 Å². The van der Waals surface area contributed by atoms with Crippen LogP contribution < -0.4 is 5.32 Å². The molecule has 17 heavy (non-hydrogen) atoms. The van der Waals surface area contributed by atoms with E-state index in [2.05, 4.69) is 5.32 Å². The third-order valence-electron chi connectivity index (χ3n) is 3.25. The number of carbonyl (C=O) groups excluding carboxylic acids is 1. The summed E-state index contributed by atoms with van der Waals surface area (Å²) in [5, 5.41) is 3.06. The predicted molar refractivity (Wildman–Crippen MR) is 65.1 cm³/mol. The molecule has 0 radical (unpaired) electrons. The van der Waals surface area contributed by atoms with Crippen molar-refractivity contribution >= 4 is 25.9 Å². The molecule has 1 amide bonds. The summed E-state index contributed by atoms with van der Waals surface area (Å²) in [5.74, 6) is -1.05. The second-order valence-corrected chi connectivity index (χ2v) is 6.17. The maximum atomic E-state index is 12.0. The fourth-order valence-electron chi connectivity index (χ4n) is 2.45. The van der Waals surface area contributed by atoms with Gasteiger partial charge in [0.15, 0.2) is 0 Å². The van der Waals surface area contributed by atoms with Gasteiger partial charge in [-0.15, -0.1) is 12.4 Å². The average Bonchev–Trinajstić information content (AvgIpc) is 2.87. The molecule has 2 fully saturated rings. The van der Waals surface area contributed by atoms with Crippen molar-refractivity contribution < 1.29 is 19.1 Å². The average molecular weight is 285 g/mol. The zero-order chi connectivity index (χ0) is 11.8. The highest BCUT2D eigenvalue weighted by Gasteiger charge is 2.42. The first-order chi connectivity index (χ1) is 7.50. The maximum Gasteiger partial charge on any atom is 0.347 e. The fourth-order valence-corrected chi connectivity index (χ4v) is 3.56. The van der Waals surface area contributed by atoms with Crippen molar-refractivity contribution in [2.24, 2.45) is 0 Å². The second-order valence-electron chi connectivity index (χ2n) is 4.39. The van der Waals surface area contributed by atoms with Crippen LogP contribution >= 0.6 is 20.0 Å². The number of amides is 1. The minimum Gasteiger partial charge on any atom is -0.327 e. The van der Waals surface area contributed by atoms with Crippen LogP contribution in [-0.2, 0) is 9.36 Å². The van der Waals surface area contributed by atoms with Crippen LogP contribution in [0.4, 0.5) is 0 Å². The van der Waals surface area contributed by atoms with Gasteiger partial charge in [0.2, 0.25) is 5.91 Å². The largest absolute Gasteiger partial charge is 0.347 e. The Hall–Kier alpha value is -0.130. The first-order valence-electron chi connectivity index (χ1n) is 5.59. The van der Waals surface area contributed by atoms with Gasteiger partial charge in [0.1, 0.15) is 5.78 Å². The van der Waals surface area contributed by atoms with Crippen molar-refractivity contribution in [3.63, 3.8) is 0 Å². The van der Waals surface area contributed by atoms with E-state index in [0.717, 1.165) is 19.4 Å². The molecule has 3 N–H and O–H groups in total. The van der Waals surface area contributed by atoms with Gasteiger partial charge in [0.25, 0.3) is 0 Å². The van der Waals surface area contributed by atoms with Crippen molar-refractivity contribution in [3.05, 3.63) is 0 Å². The van der Waals surface area contributed by atoms with E-state index >= 15 is 0 Å². The van der Waals surface area contributed by atoms with E-state index in [-0.39, 0.29) is 24.4 Å². The monoisotopic (exact) mass is 284 g/mol. The molecular weight excluding hydrogens is 267 g/mol. The van der Waals surface area contributed by atoms with Crippen LogP contribution in [0, 0.1) is 0 Å². The van der Waals surface area contributed by atoms with Gasteiger partial charge in [-0.1, -0.05) is 0 Å². The summed E-state index contributed by atoms with van der Waals surface area (Å²) in [7, 11) is -4.19. The Balaban J connectivity index is 0.00000144. The zero-order valence-corrected chi connectivity index (χ0v) is 11.1. The van der Waals surface area contributed by atoms with Crippen LogP contribution in [0.1, 0.15) is 25.7 Å². The molecule has 2 aliphatic heterocycles. The number of nitrogens with zero attached hydrogens (tertiary/aromatic N) is 1. The number of rotatable bonds is 2. The first-order valence-corrected chi connectivity index (χ1v) is 7.27. The third-order valence-corrected chi connectivity index (χ3v) is 4.56. The lowest BCUT2D eigenvalue weighted by Gasteiger charge is -2.27. The molecule has 2 heterocycles. The van der Waals surface area contributed by atoms with E-state index in [0.29, 0.717) is 19.4 Å². The van der Waals surface area contributed by atoms with E-state index in [1.807, 2.05) is 0 Å². The van der Waals surface area contributed by atoms with Gasteiger partial charge < -0.3 is 20.0 Å². The summed E-state index contributed by atoms with van der Waals surface area (Å²) in [6, 6.07) is -0.243. The van der Waals surface area contributed by atoms with Crippen molar-refractivity contribution in [3.8, 4) is 0 Å². The van der Waals surface area contributed by atoms with Crippen molar-refractivity contribution in [1.82, 2.24) is 10.2 Å². The molecule has 2 aliphatic rings. The van der Waals surface area contributed by atoms with Gasteiger partial charge in [-0.2, -0.15) is 0 Å². The van der Waals surface area contributed by atoms with Gasteiger partial charge in [-0.3, -0.25) is 9.36 Å². The topological polar surface area (TPSA) is 89.9 Å². The lowest BCUT2D eigenvalue weighted by atomic mass is 10.2. The van der Waals surface area contributed by atoms with Crippen molar-refractivity contribution in [2.45, 2.75) is 37.5 Å². The summed E-state index contributed by atoms with van der Waals surface area (Å²) in [5.41, 5.74) is 0. The predicted octanol–water partition coefficient (Wildman–Crippen LogP) is 0.286. The molecule has 100 valence electrons. The molecule has 0 unspecified atom stereocenters. The molecule has 0 aromatic rings. The van der Waals surface area contributed by atoms with Crippen LogP contribution in [0.25, 0.3) is 0 Å². The Bertz CT molecular complexity index is 329. The number of likely N-dealkylation sites (tertiary alicyclic amines) is 1. The van der Waals surface area contributed by atoms with Crippen LogP contribution in [0.15, 0.2) is 0 Å². The standard InChI is InChI=1S/C9H17N2O4P.ClH/c12-9(7-3-1-5-10-7)11-6-2-4-8(11)16(13,14)15;/h7-8,10H,1-6H2,(H2,13,14,15);1H/t7-,8-;/m0./s1. The molecule has 0 spiro atoms. The Morgan fingerprint density at radius 3 is 2.53 bits per heavy atom. The summed E-state index contributed by atoms with van der Waals surface area (Å²) in [6.45, 7) is 1.28. The number of halogens is 1. The second kappa shape index (κ2) is 5.67. The van der Waals surface area contributed by atoms with Crippen LogP contribution in [0.5, 0.6) is 0 Å². The van der Waals surface area contributed by atoms with Gasteiger partial charge in [0.05, 0.1) is 6.04 Å². The zero-order valence-electron chi connectivity index (χ0n) is 9.41. The molecule has 2 rings (SSSR count). The van der Waals surface area contributed by atoms with Gasteiger partial charge in [0, 0.05) is 6.54 Å². The molecule has 6 nitrogen and oxygen atoms in total. The van der Waals surface area contributed by atoms with Gasteiger partial charge in [-0.25, -0.2) is 0 Å². The third kappa shape index (κ3) is 3.20. The normalized spacial score (nSPS) is 29.2. The summed E-state index contributed by atoms with van der Waals surface area (Å²) < 4.78 is 11.2. The summed E-state index contributed by atoms with van der Waals surface area (Å²) in [6.07, 6.45) is 2.80. The quantitative estimate of drug-likeness (QED) is 0.634. The molecule has 8 heteroatoms. The van der Waals surface area contributed by atoms with Crippen molar-refractivity contribution in [1.29, 1.82) is 0 Å². The van der Waals surface area contributed by atoms with Crippen LogP contribution in [0.3, 0.4) is 0 Å². The van der Waals surface area contributed by atoms with Crippen LogP contribution in [-0.4, -0.2) is 45.5 Å². The highest BCUT2D eigenvalue weighted by molar-refractivity contribution is 7.52. The van der Waals surface area contributed by atoms with Gasteiger partial charge >= 0.3 is 7.60 Å². The highest BCUT2D eigenvalue weighted by Crippen LogP contribution is 2.48. The molecule has 0 aromatic heterocycles. The minimum absolute atomic E-state index is 0. The summed E-state index contributed by atoms with van der Waals surface area (Å²) >= 11 is 0. The fraction of sp³-hybridized carbons (Fsp3) is 0.889. The molecule has 0 saturated carbocycles. The Labute approximate surface area is 106 Å². The number of hydrogen-bond donors (Lipinski definition) is 3. The number of hydrogen-bond acceptors (Lipinski definition) is 3. The van der Waals surface area contributed by atoms with Gasteiger partial charge in [-0.05, 0) is 32.2 Å². The smallest absolute Gasteiger partial charge is 0.327 e. The molecular formula is C9H18ClN2O4P. The maximum absolute atomic E-state index is 12.0. The Morgan fingerprint density at radius 2 is 2.00 bits per heavy atom. The minimum atomic E-state index is -4.19. The van der Waals surface area contributed by atoms with Crippen molar-refractivity contribution in [2.75, 3.05) is 13.1 Å². The molecule has 2 atom stereocenters. The molecule has 0 bridgehead atoms. The van der Waals surface area contributed by atoms with Crippen LogP contribution in [0.2, 0.25) is 0 Å².